The molecule has 3 heterocycles. The number of hydrogen-bond acceptors (Lipinski definition) is 5. The summed E-state index contributed by atoms with van der Waals surface area (Å²) in [5, 5.41) is 12.4. The van der Waals surface area contributed by atoms with Crippen LogP contribution in [-0.2, 0) is 5.75 Å². The largest absolute Gasteiger partial charge is 0.349 e. The number of likely N-dealkylation sites (N-methyl/N-ethyl adjacent to an activating group) is 1. The number of hydrogen-bond donors (Lipinski definition) is 2. The van der Waals surface area contributed by atoms with Gasteiger partial charge in [0.25, 0.3) is 5.91 Å². The summed E-state index contributed by atoms with van der Waals surface area (Å²) in [5.41, 5.74) is 3.72. The third-order valence-corrected chi connectivity index (χ3v) is 6.20. The minimum absolute atomic E-state index is 0.0554. The normalized spacial score (nSPS) is 13.0. The van der Waals surface area contributed by atoms with Gasteiger partial charge in [-0.2, -0.15) is 5.10 Å². The number of nitrogens with zero attached hydrogens (tertiary/aromatic N) is 2. The zero-order valence-corrected chi connectivity index (χ0v) is 14.4. The maximum Gasteiger partial charge on any atom is 0.269 e. The molecule has 1 aliphatic rings. The molecule has 2 N–H and O–H groups in total. The van der Waals surface area contributed by atoms with E-state index in [0.29, 0.717) is 12.2 Å². The first-order valence-corrected chi connectivity index (χ1v) is 9.39. The van der Waals surface area contributed by atoms with E-state index in [1.54, 1.807) is 23.1 Å². The van der Waals surface area contributed by atoms with Crippen molar-refractivity contribution in [1.29, 1.82) is 0 Å². The number of nitrogens with one attached hydrogen (secondary N) is 2. The number of fused-ring (bicyclic) bond motifs is 3. The molecule has 1 amide bonds. The predicted molar refractivity (Wildman–Crippen MR) is 91.6 cm³/mol. The maximum absolute atomic E-state index is 12.4. The third kappa shape index (κ3) is 2.93. The molecule has 1 aliphatic heterocycles. The van der Waals surface area contributed by atoms with Crippen molar-refractivity contribution in [3.63, 3.8) is 0 Å². The van der Waals surface area contributed by atoms with Crippen molar-refractivity contribution in [2.45, 2.75) is 23.8 Å². The smallest absolute Gasteiger partial charge is 0.269 e. The van der Waals surface area contributed by atoms with Gasteiger partial charge >= 0.3 is 0 Å². The fraction of sp³-hybridized carbons (Fsp3) is 0.467. The summed E-state index contributed by atoms with van der Waals surface area (Å²) in [7, 11) is 0. The SMILES string of the molecule is CCN(CC)CCNC(=O)c1[nH]nc2c1CSc1sccc1-2. The fourth-order valence-electron chi connectivity index (χ4n) is 2.59. The molecule has 7 heteroatoms. The van der Waals surface area contributed by atoms with Gasteiger partial charge in [-0.05, 0) is 24.5 Å². The predicted octanol–water partition coefficient (Wildman–Crippen LogP) is 2.82. The molecule has 0 bridgehead atoms. The number of carbonyl (C=O) groups excluding carboxylic acids is 1. The molecule has 0 fully saturated rings. The Morgan fingerprint density at radius 1 is 1.45 bits per heavy atom. The molecule has 0 spiro atoms. The van der Waals surface area contributed by atoms with Crippen LogP contribution in [0.1, 0.15) is 29.9 Å². The van der Waals surface area contributed by atoms with Gasteiger partial charge in [-0.25, -0.2) is 0 Å². The van der Waals surface area contributed by atoms with Crippen LogP contribution in [0.3, 0.4) is 0 Å². The van der Waals surface area contributed by atoms with Gasteiger partial charge in [-0.1, -0.05) is 13.8 Å². The summed E-state index contributed by atoms with van der Waals surface area (Å²) in [5.74, 6) is 0.748. The van der Waals surface area contributed by atoms with E-state index in [9.17, 15) is 4.79 Å². The number of thiophene rings is 1. The van der Waals surface area contributed by atoms with Gasteiger partial charge in [0.2, 0.25) is 0 Å². The van der Waals surface area contributed by atoms with E-state index in [2.05, 4.69) is 45.7 Å². The van der Waals surface area contributed by atoms with Crippen LogP contribution in [0, 0.1) is 0 Å². The Kier molecular flexibility index (Phi) is 4.85. The van der Waals surface area contributed by atoms with Gasteiger partial charge in [0.1, 0.15) is 5.69 Å². The second kappa shape index (κ2) is 6.85. The number of aromatic amines is 1. The van der Waals surface area contributed by atoms with Crippen LogP contribution in [0.25, 0.3) is 11.3 Å². The van der Waals surface area contributed by atoms with E-state index < -0.39 is 0 Å². The lowest BCUT2D eigenvalue weighted by molar-refractivity contribution is 0.0943. The van der Waals surface area contributed by atoms with Gasteiger partial charge in [-0.3, -0.25) is 9.89 Å². The van der Waals surface area contributed by atoms with Crippen LogP contribution in [0.5, 0.6) is 0 Å². The molecule has 2 aromatic heterocycles. The Morgan fingerprint density at radius 3 is 3.05 bits per heavy atom. The maximum atomic E-state index is 12.4. The van der Waals surface area contributed by atoms with Gasteiger partial charge in [0, 0.05) is 30.0 Å². The standard InChI is InChI=1S/C15H20N4OS2/c1-3-19(4-2)7-6-16-14(20)13-11-9-22-15-10(5-8-21-15)12(11)17-18-13/h5,8H,3-4,6-7,9H2,1-2H3,(H,16,20)(H,17,18). The molecule has 0 aliphatic carbocycles. The second-order valence-electron chi connectivity index (χ2n) is 5.12. The summed E-state index contributed by atoms with van der Waals surface area (Å²) < 4.78 is 1.28. The topological polar surface area (TPSA) is 61.0 Å². The third-order valence-electron chi connectivity index (χ3n) is 3.93. The van der Waals surface area contributed by atoms with Crippen LogP contribution in [0.4, 0.5) is 0 Å². The Hall–Kier alpha value is -1.31. The first kappa shape index (κ1) is 15.6. The van der Waals surface area contributed by atoms with Crippen molar-refractivity contribution < 1.29 is 4.79 Å². The molecule has 5 nitrogen and oxygen atoms in total. The molecule has 22 heavy (non-hydrogen) atoms. The van der Waals surface area contributed by atoms with Gasteiger partial charge in [-0.15, -0.1) is 23.1 Å². The molecule has 118 valence electrons. The van der Waals surface area contributed by atoms with E-state index in [0.717, 1.165) is 42.2 Å². The van der Waals surface area contributed by atoms with Gasteiger partial charge in [0.15, 0.2) is 0 Å². The average molecular weight is 336 g/mol. The Labute approximate surface area is 138 Å². The lowest BCUT2D eigenvalue weighted by Crippen LogP contribution is -2.35. The van der Waals surface area contributed by atoms with Crippen molar-refractivity contribution in [3.8, 4) is 11.3 Å². The van der Waals surface area contributed by atoms with Crippen LogP contribution < -0.4 is 5.32 Å². The summed E-state index contributed by atoms with van der Waals surface area (Å²) in [6.45, 7) is 7.80. The fourth-order valence-corrected chi connectivity index (χ4v) is 4.70. The molecular formula is C15H20N4OS2. The number of amides is 1. The molecule has 0 radical (unpaired) electrons. The summed E-state index contributed by atoms with van der Waals surface area (Å²) >= 11 is 3.51. The van der Waals surface area contributed by atoms with E-state index in [1.165, 1.54) is 4.21 Å². The van der Waals surface area contributed by atoms with Crippen molar-refractivity contribution in [2.24, 2.45) is 0 Å². The van der Waals surface area contributed by atoms with Gasteiger partial charge < -0.3 is 10.2 Å². The Bertz CT molecular complexity index is 660. The zero-order valence-electron chi connectivity index (χ0n) is 12.8. The number of thioether (sulfide) groups is 1. The lowest BCUT2D eigenvalue weighted by atomic mass is 10.1. The van der Waals surface area contributed by atoms with Crippen molar-refractivity contribution in [1.82, 2.24) is 20.4 Å². The summed E-state index contributed by atoms with van der Waals surface area (Å²) in [6, 6.07) is 2.08. The summed E-state index contributed by atoms with van der Waals surface area (Å²) in [4.78, 5) is 14.7. The highest BCUT2D eigenvalue weighted by atomic mass is 32.2. The molecule has 0 aromatic carbocycles. The number of H-pyrrole nitrogens is 1. The quantitative estimate of drug-likeness (QED) is 0.851. The van der Waals surface area contributed by atoms with Crippen LogP contribution in [0.15, 0.2) is 15.7 Å². The second-order valence-corrected chi connectivity index (χ2v) is 7.28. The van der Waals surface area contributed by atoms with E-state index in [4.69, 9.17) is 0 Å². The van der Waals surface area contributed by atoms with E-state index in [-0.39, 0.29) is 5.91 Å². The van der Waals surface area contributed by atoms with Crippen LogP contribution in [-0.4, -0.2) is 47.2 Å². The monoisotopic (exact) mass is 336 g/mol. The number of rotatable bonds is 6. The molecule has 2 aromatic rings. The Morgan fingerprint density at radius 2 is 2.27 bits per heavy atom. The first-order chi connectivity index (χ1) is 10.7. The molecule has 0 saturated heterocycles. The summed E-state index contributed by atoms with van der Waals surface area (Å²) in [6.07, 6.45) is 0. The van der Waals surface area contributed by atoms with Crippen molar-refractivity contribution in [3.05, 3.63) is 22.7 Å². The van der Waals surface area contributed by atoms with Crippen molar-refractivity contribution >= 4 is 29.0 Å². The lowest BCUT2D eigenvalue weighted by Gasteiger charge is -2.18. The average Bonchev–Trinajstić information content (AvgIpc) is 3.16. The van der Waals surface area contributed by atoms with Crippen LogP contribution >= 0.6 is 23.1 Å². The molecule has 0 saturated carbocycles. The van der Waals surface area contributed by atoms with Gasteiger partial charge in [0.05, 0.1) is 9.90 Å². The van der Waals surface area contributed by atoms with Crippen LogP contribution in [0.2, 0.25) is 0 Å². The zero-order chi connectivity index (χ0) is 15.5. The highest BCUT2D eigenvalue weighted by molar-refractivity contribution is 8.00. The number of aromatic nitrogens is 2. The minimum atomic E-state index is -0.0554. The van der Waals surface area contributed by atoms with E-state index >= 15 is 0 Å². The minimum Gasteiger partial charge on any atom is -0.349 e. The van der Waals surface area contributed by atoms with Crippen molar-refractivity contribution in [2.75, 3.05) is 26.2 Å². The first-order valence-electron chi connectivity index (χ1n) is 7.53. The highest BCUT2D eigenvalue weighted by Gasteiger charge is 2.26. The molecule has 0 unspecified atom stereocenters. The molecule has 3 rings (SSSR count). The Balaban J connectivity index is 1.68. The number of carbonyl (C=O) groups is 1. The highest BCUT2D eigenvalue weighted by Crippen LogP contribution is 2.44. The molecular weight excluding hydrogens is 316 g/mol. The van der Waals surface area contributed by atoms with E-state index in [1.807, 2.05) is 0 Å². The molecule has 0 atom stereocenters.